The normalized spacial score (nSPS) is 12.3. The number of aliphatic hydroxyl groups is 1. The fourth-order valence-corrected chi connectivity index (χ4v) is 1.75. The minimum atomic E-state index is -0.584. The third-order valence-corrected chi connectivity index (χ3v) is 2.54. The van der Waals surface area contributed by atoms with Crippen molar-refractivity contribution in [2.45, 2.75) is 13.0 Å². The summed E-state index contributed by atoms with van der Waals surface area (Å²) in [5.74, 6) is 0.539. The minimum absolute atomic E-state index is 0.0509. The van der Waals surface area contributed by atoms with Gasteiger partial charge in [-0.15, -0.1) is 0 Å². The molecule has 2 aromatic rings. The topological polar surface area (TPSA) is 72.6 Å². The number of ether oxygens (including phenoxy) is 1. The van der Waals surface area contributed by atoms with Crippen LogP contribution in [0.5, 0.6) is 5.75 Å². The van der Waals surface area contributed by atoms with Crippen molar-refractivity contribution >= 4 is 16.5 Å². The summed E-state index contributed by atoms with van der Waals surface area (Å²) in [7, 11) is 0. The third-order valence-electron chi connectivity index (χ3n) is 2.54. The van der Waals surface area contributed by atoms with Crippen molar-refractivity contribution < 1.29 is 14.8 Å². The Labute approximate surface area is 104 Å². The summed E-state index contributed by atoms with van der Waals surface area (Å²) in [4.78, 5) is 10.5. The van der Waals surface area contributed by atoms with Gasteiger partial charge in [0.05, 0.1) is 16.4 Å². The maximum absolute atomic E-state index is 10.9. The number of nitrogens with zero attached hydrogens (tertiary/aromatic N) is 1. The van der Waals surface area contributed by atoms with E-state index in [0.29, 0.717) is 16.5 Å². The monoisotopic (exact) mass is 247 g/mol. The average Bonchev–Trinajstić information content (AvgIpc) is 2.35. The summed E-state index contributed by atoms with van der Waals surface area (Å²) in [6, 6.07) is 9.96. The van der Waals surface area contributed by atoms with Gasteiger partial charge in [0, 0.05) is 11.5 Å². The number of nitro groups is 1. The number of rotatable bonds is 4. The van der Waals surface area contributed by atoms with E-state index in [1.165, 1.54) is 6.07 Å². The number of fused-ring (bicyclic) bond motifs is 1. The first-order chi connectivity index (χ1) is 8.59. The van der Waals surface area contributed by atoms with Crippen molar-refractivity contribution in [2.75, 3.05) is 6.61 Å². The second-order valence-electron chi connectivity index (χ2n) is 4.05. The first kappa shape index (κ1) is 12.3. The Hall–Kier alpha value is -2.14. The molecule has 0 radical (unpaired) electrons. The lowest BCUT2D eigenvalue weighted by atomic mass is 10.1. The molecule has 94 valence electrons. The lowest BCUT2D eigenvalue weighted by Crippen LogP contribution is -2.12. The highest BCUT2D eigenvalue weighted by Crippen LogP contribution is 2.32. The Balaban J connectivity index is 2.50. The zero-order valence-electron chi connectivity index (χ0n) is 9.87. The standard InChI is InChI=1S/C13H13NO4/c1-9(15)8-18-13-7-6-12(14(16)17)10-4-2-3-5-11(10)13/h2-7,9,15H,8H2,1H3/t9-/m1/s1. The van der Waals surface area contributed by atoms with Gasteiger partial charge in [-0.3, -0.25) is 10.1 Å². The molecule has 2 rings (SSSR count). The van der Waals surface area contributed by atoms with Crippen LogP contribution < -0.4 is 4.74 Å². The molecule has 5 heteroatoms. The molecule has 2 aromatic carbocycles. The van der Waals surface area contributed by atoms with Gasteiger partial charge in [-0.1, -0.05) is 18.2 Å². The number of benzene rings is 2. The van der Waals surface area contributed by atoms with Crippen molar-refractivity contribution in [2.24, 2.45) is 0 Å². The highest BCUT2D eigenvalue weighted by molar-refractivity contribution is 5.95. The van der Waals surface area contributed by atoms with E-state index in [-0.39, 0.29) is 12.3 Å². The Morgan fingerprint density at radius 1 is 1.28 bits per heavy atom. The maximum Gasteiger partial charge on any atom is 0.277 e. The molecule has 0 unspecified atom stereocenters. The highest BCUT2D eigenvalue weighted by atomic mass is 16.6. The second-order valence-corrected chi connectivity index (χ2v) is 4.05. The van der Waals surface area contributed by atoms with Gasteiger partial charge in [0.25, 0.3) is 5.69 Å². The van der Waals surface area contributed by atoms with Crippen molar-refractivity contribution in [3.63, 3.8) is 0 Å². The number of non-ortho nitro benzene ring substituents is 1. The van der Waals surface area contributed by atoms with E-state index >= 15 is 0 Å². The minimum Gasteiger partial charge on any atom is -0.490 e. The second kappa shape index (κ2) is 5.01. The molecule has 1 atom stereocenters. The van der Waals surface area contributed by atoms with Crippen LogP contribution in [-0.2, 0) is 0 Å². The summed E-state index contributed by atoms with van der Waals surface area (Å²) in [6.45, 7) is 1.77. The van der Waals surface area contributed by atoms with Crippen LogP contribution >= 0.6 is 0 Å². The molecule has 18 heavy (non-hydrogen) atoms. The summed E-state index contributed by atoms with van der Waals surface area (Å²) in [6.07, 6.45) is -0.584. The van der Waals surface area contributed by atoms with E-state index in [0.717, 1.165) is 0 Å². The molecule has 0 aromatic heterocycles. The van der Waals surface area contributed by atoms with Crippen molar-refractivity contribution in [1.29, 1.82) is 0 Å². The molecule has 1 N–H and O–H groups in total. The van der Waals surface area contributed by atoms with E-state index < -0.39 is 11.0 Å². The molecule has 0 aliphatic carbocycles. The van der Waals surface area contributed by atoms with Gasteiger partial charge in [0.1, 0.15) is 12.4 Å². The van der Waals surface area contributed by atoms with E-state index in [2.05, 4.69) is 0 Å². The first-order valence-corrected chi connectivity index (χ1v) is 5.56. The molecule has 0 aliphatic heterocycles. The molecule has 0 saturated heterocycles. The van der Waals surface area contributed by atoms with E-state index in [9.17, 15) is 15.2 Å². The van der Waals surface area contributed by atoms with Crippen LogP contribution in [0.2, 0.25) is 0 Å². The fraction of sp³-hybridized carbons (Fsp3) is 0.231. The Morgan fingerprint density at radius 3 is 2.56 bits per heavy atom. The van der Waals surface area contributed by atoms with E-state index in [4.69, 9.17) is 4.74 Å². The molecule has 0 spiro atoms. The number of aliphatic hydroxyl groups excluding tert-OH is 1. The summed E-state index contributed by atoms with van der Waals surface area (Å²) in [5.41, 5.74) is 0.0509. The average molecular weight is 247 g/mol. The van der Waals surface area contributed by atoms with Crippen LogP contribution in [0.3, 0.4) is 0 Å². The Morgan fingerprint density at radius 2 is 1.94 bits per heavy atom. The highest BCUT2D eigenvalue weighted by Gasteiger charge is 2.14. The predicted octanol–water partition coefficient (Wildman–Crippen LogP) is 2.51. The van der Waals surface area contributed by atoms with Gasteiger partial charge < -0.3 is 9.84 Å². The van der Waals surface area contributed by atoms with E-state index in [1.54, 1.807) is 37.3 Å². The van der Waals surface area contributed by atoms with Crippen LogP contribution in [0.15, 0.2) is 36.4 Å². The first-order valence-electron chi connectivity index (χ1n) is 5.56. The van der Waals surface area contributed by atoms with Crippen molar-refractivity contribution in [1.82, 2.24) is 0 Å². The largest absolute Gasteiger partial charge is 0.490 e. The summed E-state index contributed by atoms with van der Waals surface area (Å²) < 4.78 is 5.44. The van der Waals surface area contributed by atoms with Gasteiger partial charge in [0.2, 0.25) is 0 Å². The van der Waals surface area contributed by atoms with Gasteiger partial charge in [0.15, 0.2) is 0 Å². The predicted molar refractivity (Wildman–Crippen MR) is 67.8 cm³/mol. The molecule has 0 fully saturated rings. The third kappa shape index (κ3) is 2.41. The lowest BCUT2D eigenvalue weighted by molar-refractivity contribution is -0.383. The molecule has 0 amide bonds. The maximum atomic E-state index is 10.9. The molecule has 0 aliphatic rings. The zero-order valence-corrected chi connectivity index (χ0v) is 9.87. The van der Waals surface area contributed by atoms with Gasteiger partial charge in [-0.25, -0.2) is 0 Å². The lowest BCUT2D eigenvalue weighted by Gasteiger charge is -2.10. The SMILES string of the molecule is C[C@@H](O)COc1ccc([N+](=O)[O-])c2ccccc12. The Bertz CT molecular complexity index is 580. The van der Waals surface area contributed by atoms with Crippen LogP contribution in [0, 0.1) is 10.1 Å². The number of nitro benzene ring substituents is 1. The molecular formula is C13H13NO4. The van der Waals surface area contributed by atoms with Crippen LogP contribution in [0.25, 0.3) is 10.8 Å². The van der Waals surface area contributed by atoms with Crippen molar-refractivity contribution in [3.05, 3.63) is 46.5 Å². The molecule has 0 heterocycles. The fourth-order valence-electron chi connectivity index (χ4n) is 1.75. The molecule has 0 bridgehead atoms. The zero-order chi connectivity index (χ0) is 13.1. The van der Waals surface area contributed by atoms with Gasteiger partial charge in [-0.2, -0.15) is 0 Å². The van der Waals surface area contributed by atoms with E-state index in [1.807, 2.05) is 0 Å². The van der Waals surface area contributed by atoms with Gasteiger partial charge in [-0.05, 0) is 19.1 Å². The Kier molecular flexibility index (Phi) is 3.43. The van der Waals surface area contributed by atoms with Gasteiger partial charge >= 0.3 is 0 Å². The summed E-state index contributed by atoms with van der Waals surface area (Å²) >= 11 is 0. The van der Waals surface area contributed by atoms with Crippen LogP contribution in [-0.4, -0.2) is 22.7 Å². The quantitative estimate of drug-likeness (QED) is 0.665. The molecular weight excluding hydrogens is 234 g/mol. The van der Waals surface area contributed by atoms with Crippen molar-refractivity contribution in [3.8, 4) is 5.75 Å². The van der Waals surface area contributed by atoms with Crippen LogP contribution in [0.1, 0.15) is 6.92 Å². The number of hydrogen-bond donors (Lipinski definition) is 1. The smallest absolute Gasteiger partial charge is 0.277 e. The number of hydrogen-bond acceptors (Lipinski definition) is 4. The van der Waals surface area contributed by atoms with Crippen LogP contribution in [0.4, 0.5) is 5.69 Å². The molecule has 5 nitrogen and oxygen atoms in total. The molecule has 0 saturated carbocycles. The summed E-state index contributed by atoms with van der Waals surface area (Å²) in [5, 5.41) is 21.3.